The molecule has 1 fully saturated rings. The standard InChI is InChI=1S/C10H11N5O2/c1-5-8-9(12-4-13-10(8)17-14-5)15-3-6(11)2-7(15)16/h4,6H,2-3,11H2,1H3. The van der Waals surface area contributed by atoms with E-state index in [1.165, 1.54) is 6.33 Å². The Kier molecular flexibility index (Phi) is 2.08. The SMILES string of the molecule is Cc1noc2ncnc(N3CC(N)CC3=O)c12. The van der Waals surface area contributed by atoms with E-state index in [0.29, 0.717) is 35.6 Å². The number of carbonyl (C=O) groups is 1. The first-order valence-electron chi connectivity index (χ1n) is 5.29. The van der Waals surface area contributed by atoms with Gasteiger partial charge >= 0.3 is 0 Å². The van der Waals surface area contributed by atoms with Gasteiger partial charge in [0.1, 0.15) is 11.7 Å². The summed E-state index contributed by atoms with van der Waals surface area (Å²) in [6.45, 7) is 2.26. The Hall–Kier alpha value is -2.02. The summed E-state index contributed by atoms with van der Waals surface area (Å²) in [5.41, 5.74) is 6.83. The fourth-order valence-corrected chi connectivity index (χ4v) is 2.05. The summed E-state index contributed by atoms with van der Waals surface area (Å²) >= 11 is 0. The molecule has 17 heavy (non-hydrogen) atoms. The molecule has 2 aromatic heterocycles. The number of amides is 1. The number of fused-ring (bicyclic) bond motifs is 1. The van der Waals surface area contributed by atoms with Crippen LogP contribution in [0.3, 0.4) is 0 Å². The maximum Gasteiger partial charge on any atom is 0.263 e. The van der Waals surface area contributed by atoms with Crippen LogP contribution in [0.4, 0.5) is 5.82 Å². The molecule has 0 spiro atoms. The quantitative estimate of drug-likeness (QED) is 0.743. The largest absolute Gasteiger partial charge is 0.335 e. The van der Waals surface area contributed by atoms with E-state index in [1.807, 2.05) is 0 Å². The van der Waals surface area contributed by atoms with Gasteiger partial charge in [0, 0.05) is 19.0 Å². The predicted molar refractivity (Wildman–Crippen MR) is 59.3 cm³/mol. The molecule has 7 heteroatoms. The van der Waals surface area contributed by atoms with E-state index in [1.54, 1.807) is 11.8 Å². The molecule has 1 amide bonds. The lowest BCUT2D eigenvalue weighted by Gasteiger charge is -2.14. The van der Waals surface area contributed by atoms with Crippen LogP contribution in [0, 0.1) is 6.92 Å². The van der Waals surface area contributed by atoms with Gasteiger partial charge in [0.05, 0.1) is 5.69 Å². The highest BCUT2D eigenvalue weighted by atomic mass is 16.5. The zero-order valence-corrected chi connectivity index (χ0v) is 9.25. The Labute approximate surface area is 96.6 Å². The number of carbonyl (C=O) groups excluding carboxylic acids is 1. The number of rotatable bonds is 1. The third-order valence-corrected chi connectivity index (χ3v) is 2.83. The van der Waals surface area contributed by atoms with Crippen molar-refractivity contribution in [2.24, 2.45) is 5.73 Å². The fraction of sp³-hybridized carbons (Fsp3) is 0.400. The number of nitrogens with zero attached hydrogens (tertiary/aromatic N) is 4. The number of hydrogen-bond acceptors (Lipinski definition) is 6. The number of nitrogens with two attached hydrogens (primary N) is 1. The van der Waals surface area contributed by atoms with Gasteiger partial charge in [0.2, 0.25) is 5.91 Å². The molecule has 0 saturated carbocycles. The summed E-state index contributed by atoms with van der Waals surface area (Å²) in [5, 5.41) is 4.50. The highest BCUT2D eigenvalue weighted by Crippen LogP contribution is 2.28. The second kappa shape index (κ2) is 3.49. The maximum absolute atomic E-state index is 11.8. The van der Waals surface area contributed by atoms with Gasteiger partial charge in [0.15, 0.2) is 5.82 Å². The van der Waals surface area contributed by atoms with Gasteiger partial charge in [-0.3, -0.25) is 9.69 Å². The lowest BCUT2D eigenvalue weighted by Crippen LogP contribution is -2.28. The van der Waals surface area contributed by atoms with Crippen molar-refractivity contribution in [3.05, 3.63) is 12.0 Å². The molecule has 1 aliphatic heterocycles. The molecule has 88 valence electrons. The number of aromatic nitrogens is 3. The van der Waals surface area contributed by atoms with Gasteiger partial charge in [-0.15, -0.1) is 0 Å². The third-order valence-electron chi connectivity index (χ3n) is 2.83. The molecule has 3 rings (SSSR count). The van der Waals surface area contributed by atoms with Crippen LogP contribution in [0.15, 0.2) is 10.9 Å². The van der Waals surface area contributed by atoms with Gasteiger partial charge in [-0.25, -0.2) is 4.98 Å². The normalized spacial score (nSPS) is 20.5. The average molecular weight is 233 g/mol. The molecule has 0 bridgehead atoms. The van der Waals surface area contributed by atoms with Crippen molar-refractivity contribution in [3.8, 4) is 0 Å². The van der Waals surface area contributed by atoms with Gasteiger partial charge < -0.3 is 10.3 Å². The Morgan fingerprint density at radius 2 is 2.35 bits per heavy atom. The average Bonchev–Trinajstić information content (AvgIpc) is 2.83. The molecular weight excluding hydrogens is 222 g/mol. The van der Waals surface area contributed by atoms with Gasteiger partial charge in [0.25, 0.3) is 5.71 Å². The second-order valence-electron chi connectivity index (χ2n) is 4.11. The summed E-state index contributed by atoms with van der Waals surface area (Å²) in [6.07, 6.45) is 1.70. The predicted octanol–water partition coefficient (Wildman–Crippen LogP) is -0.00978. The molecule has 1 unspecified atom stereocenters. The molecule has 1 saturated heterocycles. The second-order valence-corrected chi connectivity index (χ2v) is 4.11. The van der Waals surface area contributed by atoms with E-state index in [9.17, 15) is 4.79 Å². The van der Waals surface area contributed by atoms with E-state index >= 15 is 0 Å². The number of hydrogen-bond donors (Lipinski definition) is 1. The highest BCUT2D eigenvalue weighted by molar-refractivity contribution is 6.02. The lowest BCUT2D eigenvalue weighted by molar-refractivity contribution is -0.117. The van der Waals surface area contributed by atoms with Crippen LogP contribution in [0.1, 0.15) is 12.1 Å². The van der Waals surface area contributed by atoms with Crippen molar-refractivity contribution in [1.82, 2.24) is 15.1 Å². The van der Waals surface area contributed by atoms with E-state index in [0.717, 1.165) is 0 Å². The minimum atomic E-state index is -0.146. The van der Waals surface area contributed by atoms with Crippen molar-refractivity contribution >= 4 is 22.8 Å². The smallest absolute Gasteiger partial charge is 0.263 e. The summed E-state index contributed by atoms with van der Waals surface area (Å²) in [7, 11) is 0. The highest BCUT2D eigenvalue weighted by Gasteiger charge is 2.31. The third kappa shape index (κ3) is 1.47. The molecule has 2 aromatic rings. The van der Waals surface area contributed by atoms with Crippen molar-refractivity contribution in [2.75, 3.05) is 11.4 Å². The molecule has 3 heterocycles. The molecule has 1 aliphatic rings. The van der Waals surface area contributed by atoms with E-state index in [-0.39, 0.29) is 11.9 Å². The summed E-state index contributed by atoms with van der Waals surface area (Å²) in [5.74, 6) is 0.504. The van der Waals surface area contributed by atoms with Crippen LogP contribution < -0.4 is 10.6 Å². The zero-order valence-electron chi connectivity index (χ0n) is 9.25. The van der Waals surface area contributed by atoms with Crippen molar-refractivity contribution in [1.29, 1.82) is 0 Å². The van der Waals surface area contributed by atoms with Crippen LogP contribution in [0.25, 0.3) is 11.1 Å². The van der Waals surface area contributed by atoms with Crippen molar-refractivity contribution in [2.45, 2.75) is 19.4 Å². The van der Waals surface area contributed by atoms with Crippen molar-refractivity contribution in [3.63, 3.8) is 0 Å². The maximum atomic E-state index is 11.8. The Bertz CT molecular complexity index is 593. The topological polar surface area (TPSA) is 98.1 Å². The first-order chi connectivity index (χ1) is 8.16. The number of aryl methyl sites for hydroxylation is 1. The Morgan fingerprint density at radius 3 is 3.06 bits per heavy atom. The minimum absolute atomic E-state index is 0.0295. The molecule has 0 aromatic carbocycles. The van der Waals surface area contributed by atoms with Crippen LogP contribution in [-0.4, -0.2) is 33.6 Å². The molecular formula is C10H11N5O2. The van der Waals surface area contributed by atoms with Crippen LogP contribution >= 0.6 is 0 Å². The van der Waals surface area contributed by atoms with Crippen molar-refractivity contribution < 1.29 is 9.32 Å². The van der Waals surface area contributed by atoms with E-state index in [4.69, 9.17) is 10.3 Å². The molecule has 2 N–H and O–H groups in total. The summed E-state index contributed by atoms with van der Waals surface area (Å²) in [4.78, 5) is 21.5. The van der Waals surface area contributed by atoms with Crippen LogP contribution in [0.5, 0.6) is 0 Å². The van der Waals surface area contributed by atoms with Gasteiger partial charge in [-0.05, 0) is 6.92 Å². The van der Waals surface area contributed by atoms with E-state index < -0.39 is 0 Å². The first-order valence-corrected chi connectivity index (χ1v) is 5.29. The Morgan fingerprint density at radius 1 is 1.53 bits per heavy atom. The summed E-state index contributed by atoms with van der Waals surface area (Å²) < 4.78 is 5.04. The van der Waals surface area contributed by atoms with Crippen LogP contribution in [-0.2, 0) is 4.79 Å². The summed E-state index contributed by atoms with van der Waals surface area (Å²) in [6, 6.07) is -0.146. The van der Waals surface area contributed by atoms with E-state index in [2.05, 4.69) is 15.1 Å². The first kappa shape index (κ1) is 10.2. The monoisotopic (exact) mass is 233 g/mol. The molecule has 1 atom stereocenters. The van der Waals surface area contributed by atoms with Gasteiger partial charge in [-0.2, -0.15) is 4.98 Å². The Balaban J connectivity index is 2.17. The minimum Gasteiger partial charge on any atom is -0.335 e. The zero-order chi connectivity index (χ0) is 12.0. The number of anilines is 1. The molecule has 7 nitrogen and oxygen atoms in total. The van der Waals surface area contributed by atoms with Gasteiger partial charge in [-0.1, -0.05) is 5.16 Å². The van der Waals surface area contributed by atoms with Crippen LogP contribution in [0.2, 0.25) is 0 Å². The lowest BCUT2D eigenvalue weighted by atomic mass is 10.3. The fourth-order valence-electron chi connectivity index (χ4n) is 2.05. The molecule has 0 aliphatic carbocycles. The molecule has 0 radical (unpaired) electrons.